The Bertz CT molecular complexity index is 659. The van der Waals surface area contributed by atoms with Crippen molar-refractivity contribution in [2.24, 2.45) is 5.73 Å². The van der Waals surface area contributed by atoms with Crippen LogP contribution in [0, 0.1) is 5.82 Å². The molecule has 5 nitrogen and oxygen atoms in total. The first-order valence-corrected chi connectivity index (χ1v) is 6.66. The molecule has 8 heteroatoms. The number of carbonyl (C=O) groups excluding carboxylic acids is 2. The molecule has 0 spiro atoms. The van der Waals surface area contributed by atoms with Gasteiger partial charge in [-0.3, -0.25) is 14.9 Å². The molecule has 0 aliphatic rings. The topological polar surface area (TPSA) is 85.1 Å². The molecule has 0 aliphatic carbocycles. The molecule has 0 bridgehead atoms. The van der Waals surface area contributed by atoms with Crippen LogP contribution in [0.2, 0.25) is 0 Å². The second-order valence-electron chi connectivity index (χ2n) is 3.48. The summed E-state index contributed by atoms with van der Waals surface area (Å²) in [6, 6.07) is 4.02. The van der Waals surface area contributed by atoms with Crippen molar-refractivity contribution in [2.75, 3.05) is 5.32 Å². The van der Waals surface area contributed by atoms with Gasteiger partial charge in [-0.15, -0.1) is 11.3 Å². The standard InChI is InChI=1S/C11H7BrFN3O2S/c12-5-1-2-7(13)6(3-5)10(18)16-11-15-8(4-19-11)9(14)17/h1-4H,(H2,14,17)(H,15,16,18). The van der Waals surface area contributed by atoms with E-state index in [-0.39, 0.29) is 16.4 Å². The maximum Gasteiger partial charge on any atom is 0.268 e. The Morgan fingerprint density at radius 3 is 2.79 bits per heavy atom. The lowest BCUT2D eigenvalue weighted by Gasteiger charge is -2.03. The van der Waals surface area contributed by atoms with Crippen LogP contribution in [-0.2, 0) is 0 Å². The van der Waals surface area contributed by atoms with E-state index in [1.807, 2.05) is 0 Å². The number of aromatic nitrogens is 1. The van der Waals surface area contributed by atoms with Gasteiger partial charge in [-0.1, -0.05) is 15.9 Å². The summed E-state index contributed by atoms with van der Waals surface area (Å²) in [5.74, 6) is -1.98. The minimum absolute atomic E-state index is 0.0509. The maximum atomic E-state index is 13.5. The summed E-state index contributed by atoms with van der Waals surface area (Å²) in [6.07, 6.45) is 0. The molecule has 1 heterocycles. The number of nitrogens with zero attached hydrogens (tertiary/aromatic N) is 1. The minimum Gasteiger partial charge on any atom is -0.364 e. The van der Waals surface area contributed by atoms with Crippen LogP contribution in [0.1, 0.15) is 20.8 Å². The van der Waals surface area contributed by atoms with E-state index in [4.69, 9.17) is 5.73 Å². The molecule has 2 rings (SSSR count). The molecule has 2 amide bonds. The van der Waals surface area contributed by atoms with Crippen molar-refractivity contribution in [3.63, 3.8) is 0 Å². The van der Waals surface area contributed by atoms with Crippen molar-refractivity contribution >= 4 is 44.2 Å². The number of hydrogen-bond acceptors (Lipinski definition) is 4. The highest BCUT2D eigenvalue weighted by molar-refractivity contribution is 9.10. The molecule has 0 atom stereocenters. The third kappa shape index (κ3) is 3.15. The maximum absolute atomic E-state index is 13.5. The van der Waals surface area contributed by atoms with Gasteiger partial charge in [-0.25, -0.2) is 9.37 Å². The van der Waals surface area contributed by atoms with Crippen molar-refractivity contribution < 1.29 is 14.0 Å². The van der Waals surface area contributed by atoms with E-state index < -0.39 is 17.6 Å². The van der Waals surface area contributed by atoms with Gasteiger partial charge < -0.3 is 5.73 Å². The first-order valence-electron chi connectivity index (χ1n) is 4.99. The van der Waals surface area contributed by atoms with E-state index in [0.717, 1.165) is 11.3 Å². The molecule has 0 saturated heterocycles. The predicted octanol–water partition coefficient (Wildman–Crippen LogP) is 2.40. The van der Waals surface area contributed by atoms with Crippen LogP contribution in [-0.4, -0.2) is 16.8 Å². The Hall–Kier alpha value is -1.80. The first-order chi connectivity index (χ1) is 8.97. The van der Waals surface area contributed by atoms with E-state index in [0.29, 0.717) is 4.47 Å². The summed E-state index contributed by atoms with van der Waals surface area (Å²) in [7, 11) is 0. The number of thiazole rings is 1. The van der Waals surface area contributed by atoms with Crippen LogP contribution in [0.25, 0.3) is 0 Å². The Morgan fingerprint density at radius 1 is 1.42 bits per heavy atom. The summed E-state index contributed by atoms with van der Waals surface area (Å²) in [6.45, 7) is 0. The molecule has 98 valence electrons. The Kier molecular flexibility index (Phi) is 3.91. The number of nitrogens with two attached hydrogens (primary N) is 1. The van der Waals surface area contributed by atoms with Crippen molar-refractivity contribution in [1.82, 2.24) is 4.98 Å². The van der Waals surface area contributed by atoms with Gasteiger partial charge in [0, 0.05) is 9.85 Å². The van der Waals surface area contributed by atoms with Crippen molar-refractivity contribution in [1.29, 1.82) is 0 Å². The zero-order chi connectivity index (χ0) is 14.0. The SMILES string of the molecule is NC(=O)c1csc(NC(=O)c2cc(Br)ccc2F)n1. The number of anilines is 1. The fourth-order valence-corrected chi connectivity index (χ4v) is 2.34. The smallest absolute Gasteiger partial charge is 0.268 e. The molecule has 0 fully saturated rings. The number of benzene rings is 1. The third-order valence-electron chi connectivity index (χ3n) is 2.15. The number of hydrogen-bond donors (Lipinski definition) is 2. The fourth-order valence-electron chi connectivity index (χ4n) is 1.28. The van der Waals surface area contributed by atoms with E-state index in [9.17, 15) is 14.0 Å². The average Bonchev–Trinajstić information content (AvgIpc) is 2.80. The van der Waals surface area contributed by atoms with Crippen molar-refractivity contribution in [3.8, 4) is 0 Å². The van der Waals surface area contributed by atoms with Gasteiger partial charge in [-0.2, -0.15) is 0 Å². The normalized spacial score (nSPS) is 10.2. The lowest BCUT2D eigenvalue weighted by atomic mass is 10.2. The predicted molar refractivity (Wildman–Crippen MR) is 72.7 cm³/mol. The summed E-state index contributed by atoms with van der Waals surface area (Å²) in [5, 5.41) is 3.99. The lowest BCUT2D eigenvalue weighted by molar-refractivity contribution is 0.0991. The number of primary amides is 1. The Labute approximate surface area is 119 Å². The van der Waals surface area contributed by atoms with Gasteiger partial charge in [-0.05, 0) is 18.2 Å². The largest absolute Gasteiger partial charge is 0.364 e. The second kappa shape index (κ2) is 5.45. The number of nitrogens with one attached hydrogen (secondary N) is 1. The van der Waals surface area contributed by atoms with Gasteiger partial charge >= 0.3 is 0 Å². The molecule has 0 radical (unpaired) electrons. The van der Waals surface area contributed by atoms with Gasteiger partial charge in [0.1, 0.15) is 11.5 Å². The summed E-state index contributed by atoms with van der Waals surface area (Å²) < 4.78 is 14.1. The van der Waals surface area contributed by atoms with Crippen LogP contribution in [0.15, 0.2) is 28.1 Å². The molecule has 1 aromatic carbocycles. The molecule has 3 N–H and O–H groups in total. The number of carbonyl (C=O) groups is 2. The van der Waals surface area contributed by atoms with E-state index in [1.54, 1.807) is 0 Å². The number of amides is 2. The van der Waals surface area contributed by atoms with Crippen molar-refractivity contribution in [2.45, 2.75) is 0 Å². The minimum atomic E-state index is -0.689. The highest BCUT2D eigenvalue weighted by Gasteiger charge is 2.15. The zero-order valence-electron chi connectivity index (χ0n) is 9.31. The highest BCUT2D eigenvalue weighted by atomic mass is 79.9. The molecular formula is C11H7BrFN3O2S. The van der Waals surface area contributed by atoms with Crippen LogP contribution < -0.4 is 11.1 Å². The van der Waals surface area contributed by atoms with Crippen molar-refractivity contribution in [3.05, 3.63) is 45.1 Å². The van der Waals surface area contributed by atoms with E-state index in [2.05, 4.69) is 26.2 Å². The van der Waals surface area contributed by atoms with Gasteiger partial charge in [0.2, 0.25) is 0 Å². The van der Waals surface area contributed by atoms with E-state index >= 15 is 0 Å². The fraction of sp³-hybridized carbons (Fsp3) is 0. The first kappa shape index (κ1) is 13.6. The summed E-state index contributed by atoms with van der Waals surface area (Å²) in [4.78, 5) is 26.5. The summed E-state index contributed by atoms with van der Waals surface area (Å²) in [5.41, 5.74) is 4.97. The lowest BCUT2D eigenvalue weighted by Crippen LogP contribution is -2.15. The molecule has 0 aliphatic heterocycles. The highest BCUT2D eigenvalue weighted by Crippen LogP contribution is 2.19. The van der Waals surface area contributed by atoms with Gasteiger partial charge in [0.25, 0.3) is 11.8 Å². The molecular weight excluding hydrogens is 337 g/mol. The van der Waals surface area contributed by atoms with Crippen LogP contribution >= 0.6 is 27.3 Å². The van der Waals surface area contributed by atoms with Gasteiger partial charge in [0.15, 0.2) is 5.13 Å². The molecule has 19 heavy (non-hydrogen) atoms. The van der Waals surface area contributed by atoms with Gasteiger partial charge in [0.05, 0.1) is 5.56 Å². The summed E-state index contributed by atoms with van der Waals surface area (Å²) >= 11 is 4.19. The molecule has 0 unspecified atom stereocenters. The number of halogens is 2. The average molecular weight is 344 g/mol. The third-order valence-corrected chi connectivity index (χ3v) is 3.40. The Balaban J connectivity index is 2.20. The Morgan fingerprint density at radius 2 is 2.16 bits per heavy atom. The zero-order valence-corrected chi connectivity index (χ0v) is 11.7. The molecule has 2 aromatic rings. The monoisotopic (exact) mass is 343 g/mol. The van der Waals surface area contributed by atoms with Crippen LogP contribution in [0.5, 0.6) is 0 Å². The van der Waals surface area contributed by atoms with E-state index in [1.165, 1.54) is 23.6 Å². The van der Waals surface area contributed by atoms with Crippen LogP contribution in [0.4, 0.5) is 9.52 Å². The quantitative estimate of drug-likeness (QED) is 0.897. The second-order valence-corrected chi connectivity index (χ2v) is 5.25. The number of rotatable bonds is 3. The molecule has 0 saturated carbocycles. The van der Waals surface area contributed by atoms with Crippen LogP contribution in [0.3, 0.4) is 0 Å². The molecule has 1 aromatic heterocycles.